The molecule has 0 unspecified atom stereocenters. The molecule has 3 N–H and O–H groups in total. The van der Waals surface area contributed by atoms with E-state index in [0.29, 0.717) is 18.8 Å². The lowest BCUT2D eigenvalue weighted by Crippen LogP contribution is -2.36. The number of nitrogens with one attached hydrogen (secondary N) is 2. The number of benzene rings is 2. The van der Waals surface area contributed by atoms with Crippen LogP contribution >= 0.6 is 24.0 Å². The average molecular weight is 441 g/mol. The molecule has 24 heavy (non-hydrogen) atoms. The van der Waals surface area contributed by atoms with Crippen LogP contribution in [0.3, 0.4) is 0 Å². The van der Waals surface area contributed by atoms with Gasteiger partial charge in [-0.15, -0.1) is 24.0 Å². The number of nitrogens with zero attached hydrogens (tertiary/aromatic N) is 1. The first kappa shape index (κ1) is 20.1. The normalized spacial score (nSPS) is 10.7. The van der Waals surface area contributed by atoms with Gasteiger partial charge in [-0.05, 0) is 30.2 Å². The Hall–Kier alpha value is -1.96. The molecule has 0 radical (unpaired) electrons. The molecule has 2 rings (SSSR count). The van der Waals surface area contributed by atoms with E-state index in [1.807, 2.05) is 31.2 Å². The van der Waals surface area contributed by atoms with Crippen molar-refractivity contribution in [3.05, 3.63) is 59.7 Å². The summed E-state index contributed by atoms with van der Waals surface area (Å²) in [5.41, 5.74) is 2.11. The Morgan fingerprint density at radius 2 is 1.83 bits per heavy atom. The Morgan fingerprint density at radius 3 is 2.46 bits per heavy atom. The van der Waals surface area contributed by atoms with Gasteiger partial charge in [0.1, 0.15) is 0 Å². The molecule has 0 saturated carbocycles. The fourth-order valence-electron chi connectivity index (χ4n) is 2.13. The number of halogens is 1. The number of aliphatic imine (C=N–C) groups is 1. The summed E-state index contributed by atoms with van der Waals surface area (Å²) >= 11 is 0. The van der Waals surface area contributed by atoms with Crippen molar-refractivity contribution in [3.63, 3.8) is 0 Å². The lowest BCUT2D eigenvalue weighted by Gasteiger charge is -2.11. The molecule has 6 heteroatoms. The number of aromatic hydroxyl groups is 1. The average Bonchev–Trinajstić information content (AvgIpc) is 2.58. The van der Waals surface area contributed by atoms with Crippen molar-refractivity contribution in [2.24, 2.45) is 4.99 Å². The van der Waals surface area contributed by atoms with Crippen LogP contribution in [0.4, 0.5) is 0 Å². The standard InChI is InChI=1S/C18H23N3O2.HI/c1-3-19-18(20-12-14-7-5-4-6-8-14)21-13-15-9-10-17(23-2)16(22)11-15;/h4-11,22H,3,12-13H2,1-2H3,(H2,19,20,21);1H. The van der Waals surface area contributed by atoms with Crippen LogP contribution < -0.4 is 15.4 Å². The monoisotopic (exact) mass is 441 g/mol. The molecule has 0 aromatic heterocycles. The molecule has 0 aliphatic heterocycles. The smallest absolute Gasteiger partial charge is 0.191 e. The van der Waals surface area contributed by atoms with Gasteiger partial charge in [-0.25, -0.2) is 4.99 Å². The lowest BCUT2D eigenvalue weighted by atomic mass is 10.2. The van der Waals surface area contributed by atoms with Crippen LogP contribution in [0.5, 0.6) is 11.5 Å². The Bertz CT molecular complexity index is 648. The first-order valence-electron chi connectivity index (χ1n) is 7.65. The molecule has 130 valence electrons. The van der Waals surface area contributed by atoms with E-state index in [0.717, 1.165) is 18.1 Å². The molecule has 2 aromatic rings. The van der Waals surface area contributed by atoms with Crippen LogP contribution in [-0.2, 0) is 13.1 Å². The minimum atomic E-state index is 0. The van der Waals surface area contributed by atoms with Crippen LogP contribution in [0, 0.1) is 0 Å². The highest BCUT2D eigenvalue weighted by atomic mass is 127. The number of hydrogen-bond acceptors (Lipinski definition) is 3. The fraction of sp³-hybridized carbons (Fsp3) is 0.278. The molecule has 0 atom stereocenters. The summed E-state index contributed by atoms with van der Waals surface area (Å²) in [5.74, 6) is 1.33. The summed E-state index contributed by atoms with van der Waals surface area (Å²) in [6.45, 7) is 4.00. The first-order chi connectivity index (χ1) is 11.2. The van der Waals surface area contributed by atoms with Crippen LogP contribution in [0.15, 0.2) is 53.5 Å². The highest BCUT2D eigenvalue weighted by Crippen LogP contribution is 2.26. The summed E-state index contributed by atoms with van der Waals surface area (Å²) in [7, 11) is 1.53. The van der Waals surface area contributed by atoms with E-state index in [9.17, 15) is 5.11 Å². The van der Waals surface area contributed by atoms with Crippen LogP contribution in [0.25, 0.3) is 0 Å². The zero-order chi connectivity index (χ0) is 16.5. The van der Waals surface area contributed by atoms with Gasteiger partial charge in [0.2, 0.25) is 0 Å². The van der Waals surface area contributed by atoms with Gasteiger partial charge in [0.05, 0.1) is 13.7 Å². The second kappa shape index (κ2) is 10.7. The molecule has 0 aliphatic carbocycles. The van der Waals surface area contributed by atoms with Crippen LogP contribution in [0.1, 0.15) is 18.1 Å². The Morgan fingerprint density at radius 1 is 1.08 bits per heavy atom. The second-order valence-corrected chi connectivity index (χ2v) is 5.04. The molecule has 0 saturated heterocycles. The SMILES string of the molecule is CCNC(=NCc1ccc(OC)c(O)c1)NCc1ccccc1.I. The maximum Gasteiger partial charge on any atom is 0.191 e. The molecule has 2 aromatic carbocycles. The molecule has 0 heterocycles. The van der Waals surface area contributed by atoms with Crippen molar-refractivity contribution in [2.75, 3.05) is 13.7 Å². The van der Waals surface area contributed by atoms with E-state index >= 15 is 0 Å². The van der Waals surface area contributed by atoms with Crippen molar-refractivity contribution < 1.29 is 9.84 Å². The molecule has 0 spiro atoms. The van der Waals surface area contributed by atoms with E-state index in [2.05, 4.69) is 27.8 Å². The molecule has 0 aliphatic rings. The second-order valence-electron chi connectivity index (χ2n) is 5.04. The summed E-state index contributed by atoms with van der Waals surface area (Å²) in [6, 6.07) is 15.5. The van der Waals surface area contributed by atoms with Crippen LogP contribution in [-0.4, -0.2) is 24.7 Å². The van der Waals surface area contributed by atoms with Gasteiger partial charge in [0.15, 0.2) is 17.5 Å². The summed E-state index contributed by atoms with van der Waals surface area (Å²) < 4.78 is 5.04. The predicted molar refractivity (Wildman–Crippen MR) is 108 cm³/mol. The summed E-state index contributed by atoms with van der Waals surface area (Å²) in [6.07, 6.45) is 0. The summed E-state index contributed by atoms with van der Waals surface area (Å²) in [4.78, 5) is 4.54. The molecular weight excluding hydrogens is 417 g/mol. The molecule has 0 fully saturated rings. The number of ether oxygens (including phenoxy) is 1. The van der Waals surface area contributed by atoms with Gasteiger partial charge >= 0.3 is 0 Å². The van der Waals surface area contributed by atoms with Gasteiger partial charge in [-0.2, -0.15) is 0 Å². The zero-order valence-corrected chi connectivity index (χ0v) is 16.3. The fourth-order valence-corrected chi connectivity index (χ4v) is 2.13. The largest absolute Gasteiger partial charge is 0.504 e. The van der Waals surface area contributed by atoms with Gasteiger partial charge in [-0.1, -0.05) is 36.4 Å². The maximum absolute atomic E-state index is 9.81. The van der Waals surface area contributed by atoms with E-state index in [4.69, 9.17) is 4.74 Å². The van der Waals surface area contributed by atoms with Gasteiger partial charge in [0.25, 0.3) is 0 Å². The summed E-state index contributed by atoms with van der Waals surface area (Å²) in [5, 5.41) is 16.3. The Kier molecular flexibility index (Phi) is 8.99. The topological polar surface area (TPSA) is 65.9 Å². The number of phenolic OH excluding ortho intramolecular Hbond substituents is 1. The van der Waals surface area contributed by atoms with Crippen molar-refractivity contribution >= 4 is 29.9 Å². The predicted octanol–water partition coefficient (Wildman–Crippen LogP) is 3.27. The van der Waals surface area contributed by atoms with Crippen molar-refractivity contribution in [1.82, 2.24) is 10.6 Å². The third kappa shape index (κ3) is 6.27. The third-order valence-corrected chi connectivity index (χ3v) is 3.31. The van der Waals surface area contributed by atoms with E-state index < -0.39 is 0 Å². The lowest BCUT2D eigenvalue weighted by molar-refractivity contribution is 0.373. The highest BCUT2D eigenvalue weighted by molar-refractivity contribution is 14.0. The molecular formula is C18H24IN3O2. The Labute approximate surface area is 160 Å². The van der Waals surface area contributed by atoms with Crippen molar-refractivity contribution in [2.45, 2.75) is 20.0 Å². The van der Waals surface area contributed by atoms with E-state index in [1.54, 1.807) is 12.1 Å². The minimum absolute atomic E-state index is 0. The van der Waals surface area contributed by atoms with E-state index in [1.165, 1.54) is 12.7 Å². The van der Waals surface area contributed by atoms with Crippen molar-refractivity contribution in [3.8, 4) is 11.5 Å². The zero-order valence-electron chi connectivity index (χ0n) is 14.0. The van der Waals surface area contributed by atoms with Gasteiger partial charge in [0, 0.05) is 13.1 Å². The number of hydrogen-bond donors (Lipinski definition) is 3. The highest BCUT2D eigenvalue weighted by Gasteiger charge is 2.03. The van der Waals surface area contributed by atoms with Gasteiger partial charge in [-0.3, -0.25) is 0 Å². The third-order valence-electron chi connectivity index (χ3n) is 3.31. The number of guanidine groups is 1. The number of methoxy groups -OCH3 is 1. The minimum Gasteiger partial charge on any atom is -0.504 e. The number of phenols is 1. The first-order valence-corrected chi connectivity index (χ1v) is 7.65. The van der Waals surface area contributed by atoms with Crippen molar-refractivity contribution in [1.29, 1.82) is 0 Å². The molecule has 0 bridgehead atoms. The maximum atomic E-state index is 9.81. The Balaban J connectivity index is 0.00000288. The quantitative estimate of drug-likeness (QED) is 0.366. The van der Waals surface area contributed by atoms with Crippen LogP contribution in [0.2, 0.25) is 0 Å². The van der Waals surface area contributed by atoms with Gasteiger partial charge < -0.3 is 20.5 Å². The molecule has 0 amide bonds. The number of rotatable bonds is 6. The van der Waals surface area contributed by atoms with E-state index in [-0.39, 0.29) is 29.7 Å². The molecule has 5 nitrogen and oxygen atoms in total.